The summed E-state index contributed by atoms with van der Waals surface area (Å²) in [5, 5.41) is 8.81. The minimum absolute atomic E-state index is 0.194. The molecule has 0 aliphatic carbocycles. The molecule has 0 bridgehead atoms. The van der Waals surface area contributed by atoms with Crippen molar-refractivity contribution in [2.24, 2.45) is 0 Å². The molecule has 0 unspecified atom stereocenters. The summed E-state index contributed by atoms with van der Waals surface area (Å²) >= 11 is 12.1. The number of hydrogen-bond donors (Lipinski definition) is 1. The van der Waals surface area contributed by atoms with E-state index in [0.717, 1.165) is 5.69 Å². The van der Waals surface area contributed by atoms with Crippen molar-refractivity contribution in [3.05, 3.63) is 33.9 Å². The van der Waals surface area contributed by atoms with E-state index in [0.29, 0.717) is 21.6 Å². The number of anilines is 1. The van der Waals surface area contributed by atoms with E-state index in [1.165, 1.54) is 0 Å². The zero-order chi connectivity index (χ0) is 12.6. The fourth-order valence-electron chi connectivity index (χ4n) is 1.68. The van der Waals surface area contributed by atoms with E-state index < -0.39 is 0 Å². The minimum atomic E-state index is 0.194. The summed E-state index contributed by atoms with van der Waals surface area (Å²) in [5.41, 5.74) is 7.31. The molecule has 6 heteroatoms. The lowest BCUT2D eigenvalue weighted by molar-refractivity contribution is 0.716. The van der Waals surface area contributed by atoms with Gasteiger partial charge in [0.15, 0.2) is 5.82 Å². The van der Waals surface area contributed by atoms with Gasteiger partial charge < -0.3 is 5.73 Å². The van der Waals surface area contributed by atoms with Gasteiger partial charge in [0.25, 0.3) is 0 Å². The minimum Gasteiger partial charge on any atom is -0.381 e. The van der Waals surface area contributed by atoms with Gasteiger partial charge in [-0.25, -0.2) is 4.68 Å². The average molecular weight is 271 g/mol. The van der Waals surface area contributed by atoms with Crippen LogP contribution < -0.4 is 5.73 Å². The predicted molar refractivity (Wildman–Crippen MR) is 69.9 cm³/mol. The summed E-state index contributed by atoms with van der Waals surface area (Å²) in [6.45, 7) is 4.04. The first kappa shape index (κ1) is 12.2. The number of benzene rings is 1. The number of halogens is 2. The van der Waals surface area contributed by atoms with Gasteiger partial charge in [0.2, 0.25) is 0 Å². The molecule has 0 fully saturated rings. The molecule has 1 heterocycles. The quantitative estimate of drug-likeness (QED) is 0.911. The Morgan fingerprint density at radius 3 is 2.65 bits per heavy atom. The van der Waals surface area contributed by atoms with Gasteiger partial charge in [0, 0.05) is 0 Å². The Balaban J connectivity index is 2.65. The highest BCUT2D eigenvalue weighted by Crippen LogP contribution is 2.31. The Kier molecular flexibility index (Phi) is 3.26. The fourth-order valence-corrected chi connectivity index (χ4v) is 2.05. The van der Waals surface area contributed by atoms with Crippen LogP contribution >= 0.6 is 23.2 Å². The number of nitrogens with zero attached hydrogens (tertiary/aromatic N) is 3. The topological polar surface area (TPSA) is 56.7 Å². The third-order valence-corrected chi connectivity index (χ3v) is 3.25. The number of rotatable bonds is 2. The zero-order valence-electron chi connectivity index (χ0n) is 9.48. The molecule has 4 nitrogen and oxygen atoms in total. The number of nitrogen functional groups attached to an aromatic ring is 1. The van der Waals surface area contributed by atoms with E-state index in [1.54, 1.807) is 10.7 Å². The van der Waals surface area contributed by atoms with Gasteiger partial charge in [0.05, 0.1) is 21.4 Å². The van der Waals surface area contributed by atoms with Crippen LogP contribution in [0.25, 0.3) is 5.69 Å². The van der Waals surface area contributed by atoms with Crippen LogP contribution in [0.2, 0.25) is 10.0 Å². The average Bonchev–Trinajstić information content (AvgIpc) is 2.64. The third kappa shape index (κ3) is 2.10. The second-order valence-electron chi connectivity index (χ2n) is 4.00. The maximum atomic E-state index is 6.15. The van der Waals surface area contributed by atoms with Crippen molar-refractivity contribution in [1.82, 2.24) is 15.0 Å². The van der Waals surface area contributed by atoms with Crippen LogP contribution in [0.4, 0.5) is 5.82 Å². The largest absolute Gasteiger partial charge is 0.381 e. The van der Waals surface area contributed by atoms with Crippen LogP contribution in [0.15, 0.2) is 18.2 Å². The molecule has 0 amide bonds. The molecule has 0 spiro atoms. The molecule has 17 heavy (non-hydrogen) atoms. The Hall–Kier alpha value is -1.26. The second-order valence-corrected chi connectivity index (χ2v) is 4.78. The molecule has 2 N–H and O–H groups in total. The van der Waals surface area contributed by atoms with Gasteiger partial charge in [-0.2, -0.15) is 0 Å². The smallest absolute Gasteiger partial charge is 0.169 e. The SMILES string of the molecule is CC(C)c1c(N)nnn1-c1cccc(Cl)c1Cl. The maximum Gasteiger partial charge on any atom is 0.169 e. The summed E-state index contributed by atoms with van der Waals surface area (Å²) in [6.07, 6.45) is 0. The Bertz CT molecular complexity index is 548. The lowest BCUT2D eigenvalue weighted by atomic mass is 10.1. The zero-order valence-corrected chi connectivity index (χ0v) is 11.0. The van der Waals surface area contributed by atoms with Gasteiger partial charge in [-0.3, -0.25) is 0 Å². The lowest BCUT2D eigenvalue weighted by Gasteiger charge is -2.11. The first-order valence-electron chi connectivity index (χ1n) is 5.17. The maximum absolute atomic E-state index is 6.15. The highest BCUT2D eigenvalue weighted by atomic mass is 35.5. The van der Waals surface area contributed by atoms with Gasteiger partial charge in [0.1, 0.15) is 0 Å². The first-order valence-corrected chi connectivity index (χ1v) is 5.93. The molecule has 90 valence electrons. The van der Waals surface area contributed by atoms with Gasteiger partial charge in [-0.05, 0) is 18.1 Å². The summed E-state index contributed by atoms with van der Waals surface area (Å²) in [4.78, 5) is 0. The van der Waals surface area contributed by atoms with Crippen LogP contribution in [-0.4, -0.2) is 15.0 Å². The fraction of sp³-hybridized carbons (Fsp3) is 0.273. The van der Waals surface area contributed by atoms with E-state index in [-0.39, 0.29) is 5.92 Å². The molecule has 0 atom stereocenters. The van der Waals surface area contributed by atoms with Crippen LogP contribution in [0.3, 0.4) is 0 Å². The molecule has 1 aromatic heterocycles. The second kappa shape index (κ2) is 4.55. The van der Waals surface area contributed by atoms with Crippen molar-refractivity contribution in [3.8, 4) is 5.69 Å². The van der Waals surface area contributed by atoms with Crippen LogP contribution in [0, 0.1) is 0 Å². The van der Waals surface area contributed by atoms with Gasteiger partial charge in [-0.15, -0.1) is 5.10 Å². The van der Waals surface area contributed by atoms with Crippen molar-refractivity contribution in [1.29, 1.82) is 0 Å². The van der Waals surface area contributed by atoms with E-state index in [9.17, 15) is 0 Å². The Morgan fingerprint density at radius 1 is 1.29 bits per heavy atom. The van der Waals surface area contributed by atoms with Crippen LogP contribution in [-0.2, 0) is 0 Å². The Morgan fingerprint density at radius 2 is 2.00 bits per heavy atom. The highest BCUT2D eigenvalue weighted by molar-refractivity contribution is 6.43. The van der Waals surface area contributed by atoms with Crippen molar-refractivity contribution < 1.29 is 0 Å². The van der Waals surface area contributed by atoms with Crippen molar-refractivity contribution in [2.75, 3.05) is 5.73 Å². The molecule has 0 saturated carbocycles. The van der Waals surface area contributed by atoms with E-state index in [2.05, 4.69) is 10.3 Å². The van der Waals surface area contributed by atoms with Crippen molar-refractivity contribution >= 4 is 29.0 Å². The molecule has 0 aliphatic heterocycles. The van der Waals surface area contributed by atoms with Gasteiger partial charge >= 0.3 is 0 Å². The number of aromatic nitrogens is 3. The van der Waals surface area contributed by atoms with E-state index in [4.69, 9.17) is 28.9 Å². The van der Waals surface area contributed by atoms with Crippen LogP contribution in [0.5, 0.6) is 0 Å². The van der Waals surface area contributed by atoms with Crippen molar-refractivity contribution in [3.63, 3.8) is 0 Å². The summed E-state index contributed by atoms with van der Waals surface area (Å²) in [6, 6.07) is 5.36. The van der Waals surface area contributed by atoms with Gasteiger partial charge in [-0.1, -0.05) is 48.3 Å². The summed E-state index contributed by atoms with van der Waals surface area (Å²) < 4.78 is 1.63. The van der Waals surface area contributed by atoms with Crippen LogP contribution in [0.1, 0.15) is 25.5 Å². The monoisotopic (exact) mass is 270 g/mol. The molecule has 0 saturated heterocycles. The third-order valence-electron chi connectivity index (χ3n) is 2.44. The van der Waals surface area contributed by atoms with E-state index in [1.807, 2.05) is 26.0 Å². The highest BCUT2D eigenvalue weighted by Gasteiger charge is 2.17. The first-order chi connectivity index (χ1) is 8.02. The summed E-state index contributed by atoms with van der Waals surface area (Å²) in [5.74, 6) is 0.607. The molecule has 0 radical (unpaired) electrons. The van der Waals surface area contributed by atoms with E-state index >= 15 is 0 Å². The Labute approximate surface area is 109 Å². The standard InChI is InChI=1S/C11H12Cl2N4/c1-6(2)10-11(14)15-16-17(10)8-5-3-4-7(12)9(8)13/h3-6H,14H2,1-2H3. The lowest BCUT2D eigenvalue weighted by Crippen LogP contribution is -2.06. The molecule has 2 aromatic rings. The molecule has 1 aromatic carbocycles. The predicted octanol–water partition coefficient (Wildman–Crippen LogP) is 3.28. The number of hydrogen-bond acceptors (Lipinski definition) is 3. The van der Waals surface area contributed by atoms with Crippen molar-refractivity contribution in [2.45, 2.75) is 19.8 Å². The normalized spacial score (nSPS) is 11.1. The number of nitrogens with two attached hydrogens (primary N) is 1. The molecule has 0 aliphatic rings. The summed E-state index contributed by atoms with van der Waals surface area (Å²) in [7, 11) is 0. The molecular formula is C11H12Cl2N4. The molecule has 2 rings (SSSR count). The molecular weight excluding hydrogens is 259 g/mol.